The lowest BCUT2D eigenvalue weighted by Crippen LogP contribution is -2.05. The van der Waals surface area contributed by atoms with Crippen LogP contribution in [-0.4, -0.2) is 6.54 Å². The molecule has 1 aliphatic rings. The number of fused-ring (bicyclic) bond motifs is 1. The van der Waals surface area contributed by atoms with Crippen molar-refractivity contribution in [2.45, 2.75) is 44.9 Å². The molecule has 1 N–H and O–H groups in total. The van der Waals surface area contributed by atoms with Gasteiger partial charge >= 0.3 is 0 Å². The molecule has 26 heavy (non-hydrogen) atoms. The van der Waals surface area contributed by atoms with Gasteiger partial charge in [0.1, 0.15) is 0 Å². The van der Waals surface area contributed by atoms with E-state index in [1.165, 1.54) is 66.1 Å². The maximum absolute atomic E-state index is 3.57. The molecule has 0 aliphatic heterocycles. The summed E-state index contributed by atoms with van der Waals surface area (Å²) in [6, 6.07) is 24.4. The van der Waals surface area contributed by atoms with Gasteiger partial charge in [-0.1, -0.05) is 80.3 Å². The summed E-state index contributed by atoms with van der Waals surface area (Å²) >= 11 is 0. The minimum Gasteiger partial charge on any atom is -0.385 e. The monoisotopic (exact) mass is 343 g/mol. The van der Waals surface area contributed by atoms with Gasteiger partial charge in [-0.3, -0.25) is 0 Å². The number of hydrogen-bond donors (Lipinski definition) is 1. The van der Waals surface area contributed by atoms with Crippen molar-refractivity contribution in [3.05, 3.63) is 77.9 Å². The summed E-state index contributed by atoms with van der Waals surface area (Å²) in [6.45, 7) is 0.972. The van der Waals surface area contributed by atoms with Crippen LogP contribution in [0.25, 0.3) is 10.8 Å². The zero-order valence-corrected chi connectivity index (χ0v) is 15.6. The van der Waals surface area contributed by atoms with Crippen molar-refractivity contribution in [2.75, 3.05) is 11.9 Å². The predicted molar refractivity (Wildman–Crippen MR) is 113 cm³/mol. The van der Waals surface area contributed by atoms with E-state index in [9.17, 15) is 0 Å². The summed E-state index contributed by atoms with van der Waals surface area (Å²) in [5.74, 6) is 0.981. The van der Waals surface area contributed by atoms with Crippen LogP contribution in [0.1, 0.15) is 43.2 Å². The lowest BCUT2D eigenvalue weighted by molar-refractivity contribution is 0.504. The quantitative estimate of drug-likeness (QED) is 0.508. The molecule has 0 spiro atoms. The molecule has 0 unspecified atom stereocenters. The Kier molecular flexibility index (Phi) is 5.54. The smallest absolute Gasteiger partial charge is 0.0340 e. The zero-order valence-electron chi connectivity index (χ0n) is 15.6. The van der Waals surface area contributed by atoms with E-state index in [4.69, 9.17) is 0 Å². The van der Waals surface area contributed by atoms with E-state index in [0.717, 1.165) is 18.9 Å². The van der Waals surface area contributed by atoms with Crippen LogP contribution in [0, 0.1) is 5.92 Å². The molecule has 1 aliphatic carbocycles. The van der Waals surface area contributed by atoms with Gasteiger partial charge in [0.15, 0.2) is 0 Å². The first-order valence-electron chi connectivity index (χ1n) is 10.2. The van der Waals surface area contributed by atoms with E-state index in [2.05, 4.69) is 72.0 Å². The lowest BCUT2D eigenvalue weighted by Gasteiger charge is -2.10. The van der Waals surface area contributed by atoms with Crippen LogP contribution >= 0.6 is 0 Å². The molecular weight excluding hydrogens is 314 g/mol. The van der Waals surface area contributed by atoms with Crippen molar-refractivity contribution in [1.29, 1.82) is 0 Å². The highest BCUT2D eigenvalue weighted by atomic mass is 14.9. The van der Waals surface area contributed by atoms with Gasteiger partial charge in [-0.05, 0) is 59.2 Å². The Balaban J connectivity index is 1.26. The van der Waals surface area contributed by atoms with Gasteiger partial charge in [0.05, 0.1) is 0 Å². The lowest BCUT2D eigenvalue weighted by atomic mass is 9.98. The zero-order chi connectivity index (χ0) is 17.6. The van der Waals surface area contributed by atoms with Gasteiger partial charge < -0.3 is 5.32 Å². The third-order valence-corrected chi connectivity index (χ3v) is 5.83. The molecule has 3 aromatic rings. The number of nitrogens with one attached hydrogen (secondary N) is 1. The van der Waals surface area contributed by atoms with E-state index in [0.29, 0.717) is 0 Å². The van der Waals surface area contributed by atoms with Crippen LogP contribution in [0.2, 0.25) is 0 Å². The second kappa shape index (κ2) is 8.40. The molecule has 0 aromatic heterocycles. The second-order valence-electron chi connectivity index (χ2n) is 7.74. The Hall–Kier alpha value is -2.28. The van der Waals surface area contributed by atoms with Crippen molar-refractivity contribution < 1.29 is 0 Å². The minimum atomic E-state index is 0.972. The van der Waals surface area contributed by atoms with Crippen molar-refractivity contribution in [2.24, 2.45) is 5.92 Å². The third-order valence-electron chi connectivity index (χ3n) is 5.83. The fourth-order valence-corrected chi connectivity index (χ4v) is 4.20. The molecule has 134 valence electrons. The van der Waals surface area contributed by atoms with E-state index in [-0.39, 0.29) is 0 Å². The van der Waals surface area contributed by atoms with Crippen molar-refractivity contribution in [3.63, 3.8) is 0 Å². The first-order chi connectivity index (χ1) is 12.9. The van der Waals surface area contributed by atoms with Gasteiger partial charge in [0.2, 0.25) is 0 Å². The van der Waals surface area contributed by atoms with Crippen molar-refractivity contribution in [1.82, 2.24) is 0 Å². The highest BCUT2D eigenvalue weighted by molar-refractivity contribution is 5.83. The fraction of sp³-hybridized carbons (Fsp3) is 0.360. The number of hydrogen-bond acceptors (Lipinski definition) is 1. The number of anilines is 1. The first-order valence-corrected chi connectivity index (χ1v) is 10.2. The Bertz CT molecular complexity index is 828. The molecule has 1 heteroatoms. The van der Waals surface area contributed by atoms with Gasteiger partial charge in [0.25, 0.3) is 0 Å². The van der Waals surface area contributed by atoms with Gasteiger partial charge in [-0.25, -0.2) is 0 Å². The van der Waals surface area contributed by atoms with Gasteiger partial charge in [0, 0.05) is 12.2 Å². The van der Waals surface area contributed by atoms with E-state index >= 15 is 0 Å². The Morgan fingerprint density at radius 2 is 1.46 bits per heavy atom. The Morgan fingerprint density at radius 1 is 0.731 bits per heavy atom. The number of benzene rings is 3. The normalized spacial score (nSPS) is 14.8. The highest BCUT2D eigenvalue weighted by Gasteiger charge is 2.14. The average molecular weight is 344 g/mol. The summed E-state index contributed by atoms with van der Waals surface area (Å²) in [4.78, 5) is 0. The molecule has 0 amide bonds. The maximum Gasteiger partial charge on any atom is 0.0340 e. The Labute approximate surface area is 157 Å². The molecule has 1 nitrogen and oxygen atoms in total. The van der Waals surface area contributed by atoms with Gasteiger partial charge in [-0.2, -0.15) is 0 Å². The summed E-state index contributed by atoms with van der Waals surface area (Å²) in [5.41, 5.74) is 4.11. The molecule has 0 heterocycles. The maximum atomic E-state index is 3.57. The van der Waals surface area contributed by atoms with Crippen LogP contribution in [0.15, 0.2) is 66.7 Å². The SMILES string of the molecule is c1ccc2cc(CCNc3ccc(CCC4CCCC4)cc3)ccc2c1. The standard InChI is InChI=1S/C25H29N/c1-2-6-20(5-1)9-10-21-12-15-25(16-13-21)26-18-17-22-11-14-23-7-3-4-8-24(23)19-22/h3-4,7-8,11-16,19-20,26H,1-2,5-6,9-10,17-18H2. The largest absolute Gasteiger partial charge is 0.385 e. The van der Waals surface area contributed by atoms with Crippen LogP contribution in [0.5, 0.6) is 0 Å². The molecule has 0 bridgehead atoms. The molecule has 0 radical (unpaired) electrons. The summed E-state index contributed by atoms with van der Waals surface area (Å²) < 4.78 is 0. The van der Waals surface area contributed by atoms with E-state index < -0.39 is 0 Å². The first kappa shape index (κ1) is 17.1. The van der Waals surface area contributed by atoms with Crippen LogP contribution in [-0.2, 0) is 12.8 Å². The van der Waals surface area contributed by atoms with Crippen LogP contribution in [0.4, 0.5) is 5.69 Å². The topological polar surface area (TPSA) is 12.0 Å². The molecule has 1 fully saturated rings. The van der Waals surface area contributed by atoms with E-state index in [1.807, 2.05) is 0 Å². The van der Waals surface area contributed by atoms with Gasteiger partial charge in [-0.15, -0.1) is 0 Å². The van der Waals surface area contributed by atoms with E-state index in [1.54, 1.807) is 0 Å². The van der Waals surface area contributed by atoms with Crippen molar-refractivity contribution >= 4 is 16.5 Å². The number of aryl methyl sites for hydroxylation is 1. The predicted octanol–water partition coefficient (Wildman–Crippen LogP) is 6.62. The average Bonchev–Trinajstić information content (AvgIpc) is 3.21. The molecule has 4 rings (SSSR count). The van der Waals surface area contributed by atoms with Crippen LogP contribution < -0.4 is 5.32 Å². The Morgan fingerprint density at radius 3 is 2.27 bits per heavy atom. The molecular formula is C25H29N. The minimum absolute atomic E-state index is 0.972. The second-order valence-corrected chi connectivity index (χ2v) is 7.74. The summed E-state index contributed by atoms with van der Waals surface area (Å²) in [7, 11) is 0. The highest BCUT2D eigenvalue weighted by Crippen LogP contribution is 2.28. The summed E-state index contributed by atoms with van der Waals surface area (Å²) in [5, 5.41) is 6.21. The van der Waals surface area contributed by atoms with Crippen molar-refractivity contribution in [3.8, 4) is 0 Å². The number of rotatable bonds is 7. The third kappa shape index (κ3) is 4.46. The summed E-state index contributed by atoms with van der Waals surface area (Å²) in [6.07, 6.45) is 9.46. The fourth-order valence-electron chi connectivity index (χ4n) is 4.20. The van der Waals surface area contributed by atoms with Crippen LogP contribution in [0.3, 0.4) is 0 Å². The molecule has 3 aromatic carbocycles. The molecule has 0 saturated heterocycles. The molecule has 1 saturated carbocycles. The molecule has 0 atom stereocenters.